The highest BCUT2D eigenvalue weighted by atomic mass is 32.1. The number of fused-ring (bicyclic) bond motifs is 1. The first-order valence-corrected chi connectivity index (χ1v) is 7.20. The predicted molar refractivity (Wildman–Crippen MR) is 76.0 cm³/mol. The van der Waals surface area contributed by atoms with Crippen LogP contribution in [-0.2, 0) is 6.54 Å². The van der Waals surface area contributed by atoms with Crippen LogP contribution in [0, 0.1) is 6.92 Å². The molecular weight excluding hydrogens is 228 g/mol. The fraction of sp³-hybridized carbons (Fsp3) is 0.500. The quantitative estimate of drug-likeness (QED) is 0.754. The van der Waals surface area contributed by atoms with Gasteiger partial charge in [0.15, 0.2) is 0 Å². The van der Waals surface area contributed by atoms with Gasteiger partial charge in [-0.05, 0) is 32.9 Å². The number of nitrogens with zero attached hydrogens (tertiary/aromatic N) is 2. The van der Waals surface area contributed by atoms with Crippen LogP contribution in [0.25, 0.3) is 10.2 Å². The van der Waals surface area contributed by atoms with Gasteiger partial charge >= 0.3 is 0 Å². The van der Waals surface area contributed by atoms with Crippen LogP contribution in [0.3, 0.4) is 0 Å². The largest absolute Gasteiger partial charge is 0.372 e. The van der Waals surface area contributed by atoms with Gasteiger partial charge in [-0.3, -0.25) is 0 Å². The zero-order valence-corrected chi connectivity index (χ0v) is 12.0. The number of hydrogen-bond acceptors (Lipinski definition) is 2. The number of rotatable bonds is 4. The maximum absolute atomic E-state index is 2.40. The number of thiazole rings is 1. The summed E-state index contributed by atoms with van der Waals surface area (Å²) in [5, 5.41) is 1.39. The number of benzene rings is 1. The van der Waals surface area contributed by atoms with Gasteiger partial charge in [0, 0.05) is 31.8 Å². The molecule has 2 nitrogen and oxygen atoms in total. The van der Waals surface area contributed by atoms with Crippen molar-refractivity contribution in [2.24, 2.45) is 0 Å². The fourth-order valence-electron chi connectivity index (χ4n) is 2.37. The van der Waals surface area contributed by atoms with Gasteiger partial charge in [-0.15, -0.1) is 0 Å². The summed E-state index contributed by atoms with van der Waals surface area (Å²) >= 11 is 1.88. The van der Waals surface area contributed by atoms with Gasteiger partial charge in [0.25, 0.3) is 0 Å². The summed E-state index contributed by atoms with van der Waals surface area (Å²) < 4.78 is 3.78. The van der Waals surface area contributed by atoms with Crippen molar-refractivity contribution >= 4 is 27.2 Å². The summed E-state index contributed by atoms with van der Waals surface area (Å²) in [6.07, 6.45) is 0. The number of anilines is 1. The lowest BCUT2D eigenvalue weighted by Gasteiger charge is -2.20. The summed E-state index contributed by atoms with van der Waals surface area (Å²) in [6.45, 7) is 12.0. The second-order valence-electron chi connectivity index (χ2n) is 4.19. The van der Waals surface area contributed by atoms with Crippen LogP contribution in [-0.4, -0.2) is 13.1 Å². The third-order valence-corrected chi connectivity index (χ3v) is 4.40. The topological polar surface area (TPSA) is 7.12 Å². The van der Waals surface area contributed by atoms with Crippen LogP contribution in [0.4, 0.5) is 5.69 Å². The molecule has 0 bridgehead atoms. The Morgan fingerprint density at radius 3 is 2.47 bits per heavy atom. The van der Waals surface area contributed by atoms with E-state index in [2.05, 4.69) is 55.4 Å². The first-order valence-electron chi connectivity index (χ1n) is 6.39. The summed E-state index contributed by atoms with van der Waals surface area (Å²) in [4.78, 5) is 2.40. The maximum Gasteiger partial charge on any atom is 0.235 e. The van der Waals surface area contributed by atoms with E-state index >= 15 is 0 Å². The molecule has 92 valence electrons. The molecule has 0 fully saturated rings. The third kappa shape index (κ3) is 2.16. The molecule has 0 saturated heterocycles. The molecule has 17 heavy (non-hydrogen) atoms. The SMILES string of the molecule is CCN(CC)c1ccc2sc(C)[n+](CC)c2c1. The van der Waals surface area contributed by atoms with Crippen molar-refractivity contribution in [2.75, 3.05) is 18.0 Å². The molecular formula is C14H21N2S+. The summed E-state index contributed by atoms with van der Waals surface area (Å²) in [5.41, 5.74) is 2.71. The average molecular weight is 249 g/mol. The van der Waals surface area contributed by atoms with Crippen molar-refractivity contribution in [3.8, 4) is 0 Å². The molecule has 2 rings (SSSR count). The van der Waals surface area contributed by atoms with E-state index < -0.39 is 0 Å². The van der Waals surface area contributed by atoms with Gasteiger partial charge in [-0.2, -0.15) is 4.57 Å². The van der Waals surface area contributed by atoms with Crippen LogP contribution in [0.5, 0.6) is 0 Å². The Morgan fingerprint density at radius 1 is 1.18 bits per heavy atom. The van der Waals surface area contributed by atoms with E-state index in [4.69, 9.17) is 0 Å². The van der Waals surface area contributed by atoms with Crippen LogP contribution >= 0.6 is 11.3 Å². The first kappa shape index (κ1) is 12.4. The molecule has 0 aliphatic heterocycles. The zero-order chi connectivity index (χ0) is 12.4. The Kier molecular flexibility index (Phi) is 3.67. The molecule has 1 aromatic heterocycles. The van der Waals surface area contributed by atoms with E-state index in [9.17, 15) is 0 Å². The summed E-state index contributed by atoms with van der Waals surface area (Å²) in [6, 6.07) is 6.83. The van der Waals surface area contributed by atoms with Crippen LogP contribution in [0.1, 0.15) is 25.8 Å². The number of aromatic nitrogens is 1. The van der Waals surface area contributed by atoms with Crippen molar-refractivity contribution in [2.45, 2.75) is 34.2 Å². The Morgan fingerprint density at radius 2 is 1.88 bits per heavy atom. The van der Waals surface area contributed by atoms with Crippen LogP contribution in [0.15, 0.2) is 18.2 Å². The summed E-state index contributed by atoms with van der Waals surface area (Å²) in [5.74, 6) is 0. The smallest absolute Gasteiger partial charge is 0.235 e. The lowest BCUT2D eigenvalue weighted by atomic mass is 10.2. The molecule has 0 unspecified atom stereocenters. The van der Waals surface area contributed by atoms with Crippen molar-refractivity contribution in [3.63, 3.8) is 0 Å². The Bertz CT molecular complexity index is 512. The van der Waals surface area contributed by atoms with Gasteiger partial charge in [-0.1, -0.05) is 11.3 Å². The molecule has 0 amide bonds. The molecule has 2 aromatic rings. The number of aryl methyl sites for hydroxylation is 2. The van der Waals surface area contributed by atoms with E-state index in [-0.39, 0.29) is 0 Å². The predicted octanol–water partition coefficient (Wildman–Crippen LogP) is 3.36. The number of hydrogen-bond donors (Lipinski definition) is 0. The standard InChI is InChI=1S/C14H21N2S/c1-5-15(6-2)12-8-9-14-13(10-12)16(7-3)11(4)17-14/h8-10H,5-7H2,1-4H3/q+1. The first-order chi connectivity index (χ1) is 8.21. The molecule has 3 heteroatoms. The van der Waals surface area contributed by atoms with Crippen LogP contribution in [0.2, 0.25) is 0 Å². The van der Waals surface area contributed by atoms with Gasteiger partial charge in [0.05, 0.1) is 0 Å². The monoisotopic (exact) mass is 249 g/mol. The van der Waals surface area contributed by atoms with E-state index in [1.807, 2.05) is 11.3 Å². The highest BCUT2D eigenvalue weighted by Crippen LogP contribution is 2.25. The highest BCUT2D eigenvalue weighted by Gasteiger charge is 2.16. The normalized spacial score (nSPS) is 11.1. The van der Waals surface area contributed by atoms with Crippen LogP contribution < -0.4 is 9.47 Å². The Hall–Kier alpha value is -1.09. The van der Waals surface area contributed by atoms with Crippen molar-refractivity contribution in [1.82, 2.24) is 0 Å². The molecule has 1 heterocycles. The van der Waals surface area contributed by atoms with Crippen molar-refractivity contribution in [3.05, 3.63) is 23.2 Å². The van der Waals surface area contributed by atoms with E-state index in [0.717, 1.165) is 19.6 Å². The molecule has 0 radical (unpaired) electrons. The maximum atomic E-state index is 2.40. The molecule has 1 aromatic carbocycles. The molecule has 0 N–H and O–H groups in total. The van der Waals surface area contributed by atoms with Gasteiger partial charge in [-0.25, -0.2) is 0 Å². The van der Waals surface area contributed by atoms with E-state index in [0.29, 0.717) is 0 Å². The van der Waals surface area contributed by atoms with Crippen molar-refractivity contribution < 1.29 is 4.57 Å². The zero-order valence-electron chi connectivity index (χ0n) is 11.2. The average Bonchev–Trinajstić information content (AvgIpc) is 2.65. The minimum absolute atomic E-state index is 1.05. The van der Waals surface area contributed by atoms with Gasteiger partial charge in [0.1, 0.15) is 11.2 Å². The molecule has 0 spiro atoms. The minimum atomic E-state index is 1.05. The fourth-order valence-corrected chi connectivity index (χ4v) is 3.43. The van der Waals surface area contributed by atoms with Gasteiger partial charge in [0.2, 0.25) is 10.5 Å². The Balaban J connectivity index is 2.55. The van der Waals surface area contributed by atoms with E-state index in [1.165, 1.54) is 20.9 Å². The second kappa shape index (κ2) is 5.05. The second-order valence-corrected chi connectivity index (χ2v) is 5.42. The lowest BCUT2D eigenvalue weighted by Crippen LogP contribution is -2.33. The molecule has 0 aliphatic rings. The minimum Gasteiger partial charge on any atom is -0.372 e. The summed E-state index contributed by atoms with van der Waals surface area (Å²) in [7, 11) is 0. The third-order valence-electron chi connectivity index (χ3n) is 3.32. The van der Waals surface area contributed by atoms with Gasteiger partial charge < -0.3 is 4.90 Å². The highest BCUT2D eigenvalue weighted by molar-refractivity contribution is 7.18. The molecule has 0 aliphatic carbocycles. The molecule has 0 saturated carbocycles. The van der Waals surface area contributed by atoms with Crippen molar-refractivity contribution in [1.29, 1.82) is 0 Å². The Labute approximate surface area is 107 Å². The van der Waals surface area contributed by atoms with E-state index in [1.54, 1.807) is 0 Å². The molecule has 0 atom stereocenters. The lowest BCUT2D eigenvalue weighted by molar-refractivity contribution is -0.669.